The van der Waals surface area contributed by atoms with Crippen LogP contribution in [0, 0.1) is 0 Å². The van der Waals surface area contributed by atoms with Crippen molar-refractivity contribution in [2.45, 2.75) is 6.54 Å². The highest BCUT2D eigenvalue weighted by Gasteiger charge is 2.35. The second-order valence-electron chi connectivity index (χ2n) is 6.68. The molecule has 2 aromatic carbocycles. The van der Waals surface area contributed by atoms with Gasteiger partial charge in [0, 0.05) is 6.08 Å². The van der Waals surface area contributed by atoms with Crippen LogP contribution >= 0.6 is 11.3 Å². The summed E-state index contributed by atoms with van der Waals surface area (Å²) in [7, 11) is 3.08. The Morgan fingerprint density at radius 1 is 1.03 bits per heavy atom. The molecule has 0 saturated carbocycles. The van der Waals surface area contributed by atoms with Crippen LogP contribution in [-0.2, 0) is 11.3 Å². The number of hydrogen-bond donors (Lipinski definition) is 1. The van der Waals surface area contributed by atoms with Gasteiger partial charge in [-0.15, -0.1) is 10.2 Å². The number of methoxy groups -OCH3 is 2. The molecule has 10 heteroatoms. The van der Waals surface area contributed by atoms with E-state index >= 15 is 0 Å². The van der Waals surface area contributed by atoms with Crippen molar-refractivity contribution in [3.63, 3.8) is 0 Å². The van der Waals surface area contributed by atoms with Crippen molar-refractivity contribution in [2.24, 2.45) is 0 Å². The first-order valence-electron chi connectivity index (χ1n) is 9.49. The molecule has 162 valence electrons. The summed E-state index contributed by atoms with van der Waals surface area (Å²) in [4.78, 5) is 38.3. The highest BCUT2D eigenvalue weighted by molar-refractivity contribution is 7.15. The van der Waals surface area contributed by atoms with Crippen molar-refractivity contribution in [3.8, 4) is 11.5 Å². The number of ether oxygens (including phenoxy) is 2. The van der Waals surface area contributed by atoms with Gasteiger partial charge in [-0.25, -0.2) is 0 Å². The molecule has 0 saturated heterocycles. The Hall–Kier alpha value is -4.05. The van der Waals surface area contributed by atoms with Gasteiger partial charge in [0.25, 0.3) is 11.8 Å². The Bertz CT molecular complexity index is 1200. The maximum absolute atomic E-state index is 12.5. The Balaban J connectivity index is 1.38. The quantitative estimate of drug-likeness (QED) is 0.435. The van der Waals surface area contributed by atoms with E-state index in [-0.39, 0.29) is 23.5 Å². The Morgan fingerprint density at radius 3 is 2.38 bits per heavy atom. The third-order valence-electron chi connectivity index (χ3n) is 4.70. The van der Waals surface area contributed by atoms with Gasteiger partial charge in [0.05, 0.1) is 31.9 Å². The Kier molecular flexibility index (Phi) is 5.95. The fourth-order valence-electron chi connectivity index (χ4n) is 3.16. The number of carbonyl (C=O) groups is 3. The first kappa shape index (κ1) is 21.2. The van der Waals surface area contributed by atoms with Crippen molar-refractivity contribution in [3.05, 3.63) is 70.2 Å². The van der Waals surface area contributed by atoms with Crippen LogP contribution in [0.2, 0.25) is 0 Å². The number of fused-ring (bicyclic) bond motifs is 1. The van der Waals surface area contributed by atoms with E-state index in [0.717, 1.165) is 21.8 Å². The number of hydrogen-bond acceptors (Lipinski definition) is 8. The van der Waals surface area contributed by atoms with E-state index in [9.17, 15) is 14.4 Å². The zero-order valence-corrected chi connectivity index (χ0v) is 18.0. The third-order valence-corrected chi connectivity index (χ3v) is 5.53. The number of rotatable bonds is 7. The normalized spacial score (nSPS) is 12.9. The van der Waals surface area contributed by atoms with Gasteiger partial charge in [0.1, 0.15) is 5.01 Å². The summed E-state index contributed by atoms with van der Waals surface area (Å²) in [5.41, 5.74) is 1.49. The lowest BCUT2D eigenvalue weighted by Gasteiger charge is -2.10. The SMILES string of the molecule is COc1ccc(/C=C/C(=O)Nc2nnc(CN3C(=O)c4ccccc4C3=O)s2)cc1OC. The highest BCUT2D eigenvalue weighted by atomic mass is 32.1. The van der Waals surface area contributed by atoms with E-state index in [2.05, 4.69) is 15.5 Å². The first-order chi connectivity index (χ1) is 15.5. The average Bonchev–Trinajstić information content (AvgIpc) is 3.35. The van der Waals surface area contributed by atoms with Gasteiger partial charge in [-0.05, 0) is 35.9 Å². The van der Waals surface area contributed by atoms with Crippen LogP contribution < -0.4 is 14.8 Å². The van der Waals surface area contributed by atoms with Crippen LogP contribution in [0.3, 0.4) is 0 Å². The number of amides is 3. The molecule has 1 aromatic heterocycles. The van der Waals surface area contributed by atoms with Gasteiger partial charge in [0.2, 0.25) is 11.0 Å². The van der Waals surface area contributed by atoms with Crippen molar-refractivity contribution in [1.82, 2.24) is 15.1 Å². The molecule has 32 heavy (non-hydrogen) atoms. The number of aromatic nitrogens is 2. The zero-order chi connectivity index (χ0) is 22.7. The predicted octanol–water partition coefficient (Wildman–Crippen LogP) is 3.00. The maximum Gasteiger partial charge on any atom is 0.261 e. The van der Waals surface area contributed by atoms with Gasteiger partial charge in [0.15, 0.2) is 11.5 Å². The summed E-state index contributed by atoms with van der Waals surface area (Å²) >= 11 is 1.09. The van der Waals surface area contributed by atoms with Gasteiger partial charge in [-0.1, -0.05) is 29.5 Å². The van der Waals surface area contributed by atoms with E-state index in [0.29, 0.717) is 27.6 Å². The molecule has 0 aliphatic carbocycles. The molecular weight excluding hydrogens is 432 g/mol. The standard InChI is InChI=1S/C22H18N4O5S/c1-30-16-9-7-13(11-17(16)31-2)8-10-18(27)23-22-25-24-19(32-22)12-26-20(28)14-5-3-4-6-15(14)21(26)29/h3-11H,12H2,1-2H3,(H,23,25,27)/b10-8+. The van der Waals surface area contributed by atoms with E-state index in [4.69, 9.17) is 9.47 Å². The van der Waals surface area contributed by atoms with Gasteiger partial charge in [-0.3, -0.25) is 24.6 Å². The topological polar surface area (TPSA) is 111 Å². The molecule has 0 unspecified atom stereocenters. The predicted molar refractivity (Wildman–Crippen MR) is 118 cm³/mol. The van der Waals surface area contributed by atoms with Crippen molar-refractivity contribution >= 4 is 40.3 Å². The smallest absolute Gasteiger partial charge is 0.261 e. The summed E-state index contributed by atoms with van der Waals surface area (Å²) in [5.74, 6) is 0.00206. The summed E-state index contributed by atoms with van der Waals surface area (Å²) in [5, 5.41) is 11.2. The second-order valence-corrected chi connectivity index (χ2v) is 7.74. The summed E-state index contributed by atoms with van der Waals surface area (Å²) in [6.07, 6.45) is 2.98. The van der Waals surface area contributed by atoms with E-state index < -0.39 is 5.91 Å². The summed E-state index contributed by atoms with van der Waals surface area (Å²) < 4.78 is 10.4. The van der Waals surface area contributed by atoms with Crippen LogP contribution in [-0.4, -0.2) is 47.0 Å². The number of nitrogens with zero attached hydrogens (tertiary/aromatic N) is 3. The van der Waals surface area contributed by atoms with Crippen LogP contribution in [0.25, 0.3) is 6.08 Å². The monoisotopic (exact) mass is 450 g/mol. The van der Waals surface area contributed by atoms with E-state index in [1.807, 2.05) is 0 Å². The fourth-order valence-corrected chi connectivity index (χ4v) is 3.89. The maximum atomic E-state index is 12.5. The molecular formula is C22H18N4O5S. The molecule has 2 heterocycles. The molecule has 0 bridgehead atoms. The molecule has 0 atom stereocenters. The average molecular weight is 450 g/mol. The molecule has 1 aliphatic rings. The molecule has 1 N–H and O–H groups in total. The third kappa shape index (κ3) is 4.21. The number of anilines is 1. The zero-order valence-electron chi connectivity index (χ0n) is 17.2. The molecule has 1 aliphatic heterocycles. The number of benzene rings is 2. The number of nitrogens with one attached hydrogen (secondary N) is 1. The van der Waals surface area contributed by atoms with E-state index in [1.165, 1.54) is 13.2 Å². The Labute approximate surface area is 187 Å². The molecule has 0 spiro atoms. The van der Waals surface area contributed by atoms with Crippen LogP contribution in [0.15, 0.2) is 48.5 Å². The minimum Gasteiger partial charge on any atom is -0.493 e. The molecule has 9 nitrogen and oxygen atoms in total. The second kappa shape index (κ2) is 8.98. The van der Waals surface area contributed by atoms with Gasteiger partial charge >= 0.3 is 0 Å². The minimum atomic E-state index is -0.400. The van der Waals surface area contributed by atoms with Gasteiger partial charge < -0.3 is 9.47 Å². The summed E-state index contributed by atoms with van der Waals surface area (Å²) in [6, 6.07) is 11.9. The lowest BCUT2D eigenvalue weighted by atomic mass is 10.1. The van der Waals surface area contributed by atoms with Crippen LogP contribution in [0.5, 0.6) is 11.5 Å². The molecule has 0 radical (unpaired) electrons. The first-order valence-corrected chi connectivity index (χ1v) is 10.3. The molecule has 3 amide bonds. The van der Waals surface area contributed by atoms with Crippen molar-refractivity contribution in [2.75, 3.05) is 19.5 Å². The van der Waals surface area contributed by atoms with Crippen LogP contribution in [0.4, 0.5) is 5.13 Å². The minimum absolute atomic E-state index is 0.0125. The summed E-state index contributed by atoms with van der Waals surface area (Å²) in [6.45, 7) is -0.0125. The fraction of sp³-hybridized carbons (Fsp3) is 0.136. The molecule has 3 aromatic rings. The van der Waals surface area contributed by atoms with E-state index in [1.54, 1.807) is 55.7 Å². The number of carbonyl (C=O) groups excluding carboxylic acids is 3. The largest absolute Gasteiger partial charge is 0.493 e. The van der Waals surface area contributed by atoms with Crippen molar-refractivity contribution in [1.29, 1.82) is 0 Å². The Morgan fingerprint density at radius 2 is 1.72 bits per heavy atom. The van der Waals surface area contributed by atoms with Gasteiger partial charge in [-0.2, -0.15) is 0 Å². The van der Waals surface area contributed by atoms with Crippen molar-refractivity contribution < 1.29 is 23.9 Å². The van der Waals surface area contributed by atoms with Crippen LogP contribution in [0.1, 0.15) is 31.3 Å². The molecule has 0 fully saturated rings. The highest BCUT2D eigenvalue weighted by Crippen LogP contribution is 2.28. The lowest BCUT2D eigenvalue weighted by Crippen LogP contribution is -2.29. The lowest BCUT2D eigenvalue weighted by molar-refractivity contribution is -0.111. The molecule has 4 rings (SSSR count). The number of imide groups is 1.